The summed E-state index contributed by atoms with van der Waals surface area (Å²) in [6.45, 7) is 8.06. The molecular weight excluding hydrogens is 392 g/mol. The number of carbonyl (C=O) groups is 2. The van der Waals surface area contributed by atoms with Crippen LogP contribution < -0.4 is 5.32 Å². The van der Waals surface area contributed by atoms with E-state index < -0.39 is 5.60 Å². The lowest BCUT2D eigenvalue weighted by Gasteiger charge is -2.24. The predicted octanol–water partition coefficient (Wildman–Crippen LogP) is 4.28. The standard InChI is InChI=1S/C25H32N2O4/c1-25(2,3)31-24(29)27-14-13-22(16-27)23(28)26-15-19-9-11-21(12-10-19)18-30-17-20-7-5-4-6-8-20/h4-12,22H,13-18H2,1-3H3,(H,26,28). The lowest BCUT2D eigenvalue weighted by molar-refractivity contribution is -0.124. The van der Waals surface area contributed by atoms with Gasteiger partial charge in [-0.05, 0) is 43.9 Å². The zero-order chi connectivity index (χ0) is 22.3. The van der Waals surface area contributed by atoms with E-state index in [1.165, 1.54) is 0 Å². The molecule has 1 N–H and O–H groups in total. The van der Waals surface area contributed by atoms with E-state index in [2.05, 4.69) is 5.32 Å². The first-order valence-corrected chi connectivity index (χ1v) is 10.8. The number of nitrogens with zero attached hydrogens (tertiary/aromatic N) is 1. The first kappa shape index (κ1) is 22.8. The molecule has 3 rings (SSSR count). The van der Waals surface area contributed by atoms with Gasteiger partial charge in [-0.3, -0.25) is 4.79 Å². The Bertz CT molecular complexity index is 859. The number of rotatable bonds is 7. The van der Waals surface area contributed by atoms with Crippen molar-refractivity contribution in [1.29, 1.82) is 0 Å². The number of ether oxygens (including phenoxy) is 2. The molecule has 0 aromatic heterocycles. The van der Waals surface area contributed by atoms with Crippen LogP contribution in [-0.2, 0) is 34.0 Å². The normalized spacial score (nSPS) is 16.2. The van der Waals surface area contributed by atoms with Crippen LogP contribution in [0.1, 0.15) is 43.9 Å². The van der Waals surface area contributed by atoms with E-state index in [-0.39, 0.29) is 17.9 Å². The summed E-state index contributed by atoms with van der Waals surface area (Å²) in [5.41, 5.74) is 2.74. The van der Waals surface area contributed by atoms with Crippen molar-refractivity contribution < 1.29 is 19.1 Å². The summed E-state index contributed by atoms with van der Waals surface area (Å²) in [5.74, 6) is -0.223. The Morgan fingerprint density at radius 3 is 2.23 bits per heavy atom. The summed E-state index contributed by atoms with van der Waals surface area (Å²) in [6, 6.07) is 18.1. The van der Waals surface area contributed by atoms with Crippen molar-refractivity contribution >= 4 is 12.0 Å². The highest BCUT2D eigenvalue weighted by molar-refractivity contribution is 5.80. The number of hydrogen-bond donors (Lipinski definition) is 1. The van der Waals surface area contributed by atoms with Crippen LogP contribution in [0.2, 0.25) is 0 Å². The fraction of sp³-hybridized carbons (Fsp3) is 0.440. The van der Waals surface area contributed by atoms with Gasteiger partial charge in [-0.1, -0.05) is 54.6 Å². The van der Waals surface area contributed by atoms with Gasteiger partial charge in [0.05, 0.1) is 19.1 Å². The second kappa shape index (κ2) is 10.4. The second-order valence-corrected chi connectivity index (χ2v) is 8.92. The van der Waals surface area contributed by atoms with E-state index in [4.69, 9.17) is 9.47 Å². The van der Waals surface area contributed by atoms with Gasteiger partial charge in [0, 0.05) is 19.6 Å². The molecule has 166 valence electrons. The third kappa shape index (κ3) is 7.40. The van der Waals surface area contributed by atoms with Crippen molar-refractivity contribution in [2.75, 3.05) is 13.1 Å². The zero-order valence-corrected chi connectivity index (χ0v) is 18.6. The Morgan fingerprint density at radius 2 is 1.58 bits per heavy atom. The van der Waals surface area contributed by atoms with Gasteiger partial charge in [0.1, 0.15) is 5.60 Å². The minimum atomic E-state index is -0.532. The van der Waals surface area contributed by atoms with Crippen LogP contribution in [0.15, 0.2) is 54.6 Å². The van der Waals surface area contributed by atoms with Crippen molar-refractivity contribution in [3.8, 4) is 0 Å². The van der Waals surface area contributed by atoms with Crippen LogP contribution in [0.5, 0.6) is 0 Å². The molecule has 1 aliphatic rings. The minimum absolute atomic E-state index is 0.0265. The summed E-state index contributed by atoms with van der Waals surface area (Å²) in [5, 5.41) is 2.98. The second-order valence-electron chi connectivity index (χ2n) is 8.92. The van der Waals surface area contributed by atoms with E-state index in [1.54, 1.807) is 4.90 Å². The van der Waals surface area contributed by atoms with Gasteiger partial charge in [0.15, 0.2) is 0 Å². The molecule has 0 saturated carbocycles. The molecule has 1 atom stereocenters. The number of benzene rings is 2. The van der Waals surface area contributed by atoms with Crippen molar-refractivity contribution in [3.63, 3.8) is 0 Å². The molecule has 2 aromatic rings. The number of nitrogens with one attached hydrogen (secondary N) is 1. The number of likely N-dealkylation sites (tertiary alicyclic amines) is 1. The van der Waals surface area contributed by atoms with E-state index in [9.17, 15) is 9.59 Å². The fourth-order valence-corrected chi connectivity index (χ4v) is 3.41. The van der Waals surface area contributed by atoms with Crippen LogP contribution in [0.25, 0.3) is 0 Å². The van der Waals surface area contributed by atoms with Crippen LogP contribution in [0, 0.1) is 5.92 Å². The van der Waals surface area contributed by atoms with Gasteiger partial charge >= 0.3 is 6.09 Å². The maximum atomic E-state index is 12.5. The predicted molar refractivity (Wildman–Crippen MR) is 119 cm³/mol. The molecule has 1 heterocycles. The summed E-state index contributed by atoms with van der Waals surface area (Å²) >= 11 is 0. The average Bonchev–Trinajstić information content (AvgIpc) is 3.23. The Morgan fingerprint density at radius 1 is 0.968 bits per heavy atom. The van der Waals surface area contributed by atoms with Crippen molar-refractivity contribution in [1.82, 2.24) is 10.2 Å². The molecule has 6 nitrogen and oxygen atoms in total. The zero-order valence-electron chi connectivity index (χ0n) is 18.6. The van der Waals surface area contributed by atoms with E-state index in [1.807, 2.05) is 75.4 Å². The number of amides is 2. The highest BCUT2D eigenvalue weighted by Crippen LogP contribution is 2.20. The monoisotopic (exact) mass is 424 g/mol. The Kier molecular flexibility index (Phi) is 7.69. The first-order chi connectivity index (χ1) is 14.8. The molecular formula is C25H32N2O4. The molecule has 1 saturated heterocycles. The van der Waals surface area contributed by atoms with Gasteiger partial charge in [-0.2, -0.15) is 0 Å². The smallest absolute Gasteiger partial charge is 0.410 e. The summed E-state index contributed by atoms with van der Waals surface area (Å²) < 4.78 is 11.1. The third-order valence-electron chi connectivity index (χ3n) is 5.08. The van der Waals surface area contributed by atoms with Gasteiger partial charge in [-0.15, -0.1) is 0 Å². The third-order valence-corrected chi connectivity index (χ3v) is 5.08. The summed E-state index contributed by atoms with van der Waals surface area (Å²) in [6.07, 6.45) is 0.302. The molecule has 6 heteroatoms. The maximum absolute atomic E-state index is 12.5. The van der Waals surface area contributed by atoms with Crippen LogP contribution in [-0.4, -0.2) is 35.6 Å². The number of hydrogen-bond acceptors (Lipinski definition) is 4. The van der Waals surface area contributed by atoms with Crippen LogP contribution >= 0.6 is 0 Å². The molecule has 0 bridgehead atoms. The summed E-state index contributed by atoms with van der Waals surface area (Å²) in [4.78, 5) is 26.3. The van der Waals surface area contributed by atoms with E-state index >= 15 is 0 Å². The lowest BCUT2D eigenvalue weighted by Crippen LogP contribution is -2.37. The van der Waals surface area contributed by atoms with Crippen LogP contribution in [0.3, 0.4) is 0 Å². The van der Waals surface area contributed by atoms with E-state index in [0.717, 1.165) is 16.7 Å². The van der Waals surface area contributed by atoms with Crippen molar-refractivity contribution in [2.45, 2.75) is 52.6 Å². The highest BCUT2D eigenvalue weighted by Gasteiger charge is 2.33. The van der Waals surface area contributed by atoms with Gasteiger partial charge < -0.3 is 19.7 Å². The average molecular weight is 425 g/mol. The van der Waals surface area contributed by atoms with Crippen molar-refractivity contribution in [3.05, 3.63) is 71.3 Å². The fourth-order valence-electron chi connectivity index (χ4n) is 3.41. The SMILES string of the molecule is CC(C)(C)OC(=O)N1CCC(C(=O)NCc2ccc(COCc3ccccc3)cc2)C1. The maximum Gasteiger partial charge on any atom is 0.410 e. The number of carbonyl (C=O) groups excluding carboxylic acids is 2. The minimum Gasteiger partial charge on any atom is -0.444 e. The molecule has 2 aromatic carbocycles. The molecule has 31 heavy (non-hydrogen) atoms. The van der Waals surface area contributed by atoms with Gasteiger partial charge in [0.2, 0.25) is 5.91 Å². The largest absolute Gasteiger partial charge is 0.444 e. The highest BCUT2D eigenvalue weighted by atomic mass is 16.6. The molecule has 0 spiro atoms. The molecule has 1 aliphatic heterocycles. The Balaban J connectivity index is 1.39. The van der Waals surface area contributed by atoms with Crippen molar-refractivity contribution in [2.24, 2.45) is 5.92 Å². The van der Waals surface area contributed by atoms with Crippen LogP contribution in [0.4, 0.5) is 4.79 Å². The molecule has 2 amide bonds. The Labute approximate surface area is 184 Å². The quantitative estimate of drug-likeness (QED) is 0.721. The summed E-state index contributed by atoms with van der Waals surface area (Å²) in [7, 11) is 0. The molecule has 0 aliphatic carbocycles. The first-order valence-electron chi connectivity index (χ1n) is 10.8. The molecule has 0 radical (unpaired) electrons. The van der Waals surface area contributed by atoms with Gasteiger partial charge in [-0.25, -0.2) is 4.79 Å². The van der Waals surface area contributed by atoms with Gasteiger partial charge in [0.25, 0.3) is 0 Å². The topological polar surface area (TPSA) is 67.9 Å². The molecule has 1 unspecified atom stereocenters. The molecule has 1 fully saturated rings. The Hall–Kier alpha value is -2.86. The van der Waals surface area contributed by atoms with E-state index in [0.29, 0.717) is 39.3 Å². The lowest BCUT2D eigenvalue weighted by atomic mass is 10.1.